The predicted molar refractivity (Wildman–Crippen MR) is 105 cm³/mol. The number of furan rings is 1. The molecule has 3 N–H and O–H groups in total. The Balaban J connectivity index is 1.61. The monoisotopic (exact) mass is 392 g/mol. The Labute approximate surface area is 161 Å². The average Bonchev–Trinajstić information content (AvgIpc) is 3.28. The second-order valence-electron chi connectivity index (χ2n) is 7.20. The van der Waals surface area contributed by atoms with E-state index in [4.69, 9.17) is 4.42 Å². The molecule has 0 aliphatic carbocycles. The molecule has 8 heteroatoms. The molecule has 148 valence electrons. The number of hydrazine groups is 1. The van der Waals surface area contributed by atoms with Gasteiger partial charge >= 0.3 is 0 Å². The first-order valence-corrected chi connectivity index (χ1v) is 10.5. The van der Waals surface area contributed by atoms with Gasteiger partial charge in [-0.3, -0.25) is 5.43 Å². The molecule has 3 rings (SSSR count). The van der Waals surface area contributed by atoms with Crippen LogP contribution in [0, 0.1) is 12.8 Å². The van der Waals surface area contributed by atoms with E-state index in [2.05, 4.69) is 23.1 Å². The van der Waals surface area contributed by atoms with E-state index in [-0.39, 0.29) is 12.1 Å². The molecule has 3 atom stereocenters. The van der Waals surface area contributed by atoms with Crippen molar-refractivity contribution in [2.75, 3.05) is 27.2 Å². The van der Waals surface area contributed by atoms with Gasteiger partial charge in [0.2, 0.25) is 10.0 Å². The molecule has 2 aromatic rings. The molecule has 7 nitrogen and oxygen atoms in total. The zero-order chi connectivity index (χ0) is 19.6. The highest BCUT2D eigenvalue weighted by molar-refractivity contribution is 7.89. The van der Waals surface area contributed by atoms with Crippen LogP contribution < -0.4 is 16.2 Å². The summed E-state index contributed by atoms with van der Waals surface area (Å²) in [4.78, 5) is 0.306. The number of rotatable bonds is 7. The molecule has 1 aromatic carbocycles. The highest BCUT2D eigenvalue weighted by atomic mass is 32.2. The molecule has 3 unspecified atom stereocenters. The van der Waals surface area contributed by atoms with Crippen molar-refractivity contribution in [2.24, 2.45) is 5.92 Å². The molecule has 0 radical (unpaired) electrons. The minimum absolute atomic E-state index is 0.112. The normalized spacial score (nSPS) is 21.7. The van der Waals surface area contributed by atoms with Crippen LogP contribution in [-0.2, 0) is 10.0 Å². The molecule has 0 spiro atoms. The molecule has 0 bridgehead atoms. The van der Waals surface area contributed by atoms with Crippen LogP contribution in [0.5, 0.6) is 0 Å². The van der Waals surface area contributed by atoms with E-state index in [9.17, 15) is 8.42 Å². The fourth-order valence-electron chi connectivity index (χ4n) is 3.24. The van der Waals surface area contributed by atoms with E-state index in [0.29, 0.717) is 10.8 Å². The van der Waals surface area contributed by atoms with Gasteiger partial charge in [-0.05, 0) is 43.7 Å². The lowest BCUT2D eigenvalue weighted by Gasteiger charge is -2.21. The lowest BCUT2D eigenvalue weighted by Crippen LogP contribution is -2.30. The Bertz CT molecular complexity index is 861. The van der Waals surface area contributed by atoms with Crippen molar-refractivity contribution in [3.8, 4) is 0 Å². The van der Waals surface area contributed by atoms with Crippen LogP contribution in [0.1, 0.15) is 36.1 Å². The summed E-state index contributed by atoms with van der Waals surface area (Å²) in [6.45, 7) is 5.69. The first-order valence-electron chi connectivity index (χ1n) is 9.09. The molecule has 1 saturated heterocycles. The van der Waals surface area contributed by atoms with Gasteiger partial charge in [0.25, 0.3) is 0 Å². The van der Waals surface area contributed by atoms with Crippen LogP contribution in [0.15, 0.2) is 45.7 Å². The van der Waals surface area contributed by atoms with Crippen molar-refractivity contribution in [1.29, 1.82) is 0 Å². The fourth-order valence-corrected chi connectivity index (χ4v) is 4.14. The number of nitrogens with one attached hydrogen (secondary N) is 3. The van der Waals surface area contributed by atoms with Crippen LogP contribution in [-0.4, -0.2) is 39.9 Å². The highest BCUT2D eigenvalue weighted by Crippen LogP contribution is 2.27. The zero-order valence-electron chi connectivity index (χ0n) is 16.2. The Morgan fingerprint density at radius 3 is 2.52 bits per heavy atom. The number of aryl methyl sites for hydroxylation is 1. The first kappa shape index (κ1) is 20.0. The summed E-state index contributed by atoms with van der Waals surface area (Å²) in [5.74, 6) is 2.20. The molecular weight excluding hydrogens is 364 g/mol. The van der Waals surface area contributed by atoms with Crippen LogP contribution in [0.4, 0.5) is 0 Å². The number of nitrogens with zero attached hydrogens (tertiary/aromatic N) is 1. The summed E-state index contributed by atoms with van der Waals surface area (Å²) >= 11 is 0. The van der Waals surface area contributed by atoms with E-state index in [1.807, 2.05) is 31.2 Å². The van der Waals surface area contributed by atoms with E-state index >= 15 is 0 Å². The van der Waals surface area contributed by atoms with Crippen molar-refractivity contribution in [2.45, 2.75) is 30.8 Å². The minimum atomic E-state index is -3.39. The van der Waals surface area contributed by atoms with Crippen LogP contribution in [0.2, 0.25) is 0 Å². The maximum Gasteiger partial charge on any atom is 0.242 e. The van der Waals surface area contributed by atoms with Crippen molar-refractivity contribution in [3.63, 3.8) is 0 Å². The van der Waals surface area contributed by atoms with Crippen molar-refractivity contribution in [3.05, 3.63) is 53.5 Å². The topological polar surface area (TPSA) is 86.6 Å². The molecule has 0 saturated carbocycles. The molecule has 1 aromatic heterocycles. The summed E-state index contributed by atoms with van der Waals surface area (Å²) in [7, 11) is -0.323. The number of hydrogen-bond acceptors (Lipinski definition) is 6. The largest absolute Gasteiger partial charge is 0.465 e. The standard InChI is InChI=1S/C19H28N4O3S/c1-13-5-10-18(26-13)19-16(12-21-22-19)11-20-14(2)15-6-8-17(9-7-15)27(24,25)23(3)4/h5-10,14,16,19-22H,11-12H2,1-4H3. The zero-order valence-corrected chi connectivity index (χ0v) is 17.0. The van der Waals surface area contributed by atoms with Gasteiger partial charge in [-0.2, -0.15) is 0 Å². The lowest BCUT2D eigenvalue weighted by molar-refractivity contribution is 0.352. The van der Waals surface area contributed by atoms with Gasteiger partial charge in [0, 0.05) is 39.1 Å². The molecule has 0 amide bonds. The Morgan fingerprint density at radius 2 is 1.93 bits per heavy atom. The Morgan fingerprint density at radius 1 is 1.22 bits per heavy atom. The molecule has 1 aliphatic heterocycles. The maximum absolute atomic E-state index is 12.2. The smallest absolute Gasteiger partial charge is 0.242 e. The molecule has 2 heterocycles. The number of hydrogen-bond donors (Lipinski definition) is 3. The summed E-state index contributed by atoms with van der Waals surface area (Å²) < 4.78 is 31.3. The summed E-state index contributed by atoms with van der Waals surface area (Å²) in [6, 6.07) is 11.3. The molecular formula is C19H28N4O3S. The molecule has 27 heavy (non-hydrogen) atoms. The van der Waals surface area contributed by atoms with E-state index < -0.39 is 10.0 Å². The SMILES string of the molecule is Cc1ccc(C2NNCC2CNC(C)c2ccc(S(=O)(=O)N(C)C)cc2)o1. The van der Waals surface area contributed by atoms with Gasteiger partial charge in [-0.25, -0.2) is 18.1 Å². The van der Waals surface area contributed by atoms with Gasteiger partial charge in [0.15, 0.2) is 0 Å². The highest BCUT2D eigenvalue weighted by Gasteiger charge is 2.30. The summed E-state index contributed by atoms with van der Waals surface area (Å²) in [5.41, 5.74) is 7.54. The van der Waals surface area contributed by atoms with Crippen molar-refractivity contribution in [1.82, 2.24) is 20.5 Å². The summed E-state index contributed by atoms with van der Waals surface area (Å²) in [5, 5.41) is 3.55. The second-order valence-corrected chi connectivity index (χ2v) is 9.35. The third-order valence-corrected chi connectivity index (χ3v) is 6.84. The third-order valence-electron chi connectivity index (χ3n) is 5.01. The maximum atomic E-state index is 12.2. The van der Waals surface area contributed by atoms with Gasteiger partial charge in [0.1, 0.15) is 11.5 Å². The number of sulfonamides is 1. The summed E-state index contributed by atoms with van der Waals surface area (Å²) in [6.07, 6.45) is 0. The van der Waals surface area contributed by atoms with E-state index in [0.717, 1.165) is 30.2 Å². The lowest BCUT2D eigenvalue weighted by atomic mass is 9.99. The van der Waals surface area contributed by atoms with Gasteiger partial charge in [0.05, 0.1) is 10.9 Å². The Kier molecular flexibility index (Phi) is 6.02. The molecule has 1 fully saturated rings. The van der Waals surface area contributed by atoms with Crippen LogP contribution in [0.3, 0.4) is 0 Å². The van der Waals surface area contributed by atoms with E-state index in [1.165, 1.54) is 18.4 Å². The van der Waals surface area contributed by atoms with Crippen molar-refractivity contribution >= 4 is 10.0 Å². The van der Waals surface area contributed by atoms with Gasteiger partial charge in [-0.1, -0.05) is 12.1 Å². The fraction of sp³-hybridized carbons (Fsp3) is 0.474. The number of benzene rings is 1. The van der Waals surface area contributed by atoms with Gasteiger partial charge < -0.3 is 9.73 Å². The average molecular weight is 393 g/mol. The van der Waals surface area contributed by atoms with E-state index in [1.54, 1.807) is 12.1 Å². The van der Waals surface area contributed by atoms with Crippen LogP contribution >= 0.6 is 0 Å². The van der Waals surface area contributed by atoms with Crippen LogP contribution in [0.25, 0.3) is 0 Å². The minimum Gasteiger partial charge on any atom is -0.465 e. The van der Waals surface area contributed by atoms with Crippen molar-refractivity contribution < 1.29 is 12.8 Å². The first-order chi connectivity index (χ1) is 12.8. The van der Waals surface area contributed by atoms with Gasteiger partial charge in [-0.15, -0.1) is 0 Å². The quantitative estimate of drug-likeness (QED) is 0.668. The third kappa shape index (κ3) is 4.41. The predicted octanol–water partition coefficient (Wildman–Crippen LogP) is 1.95. The second kappa shape index (κ2) is 8.12. The molecule has 1 aliphatic rings. The Hall–Kier alpha value is -1.71.